The Bertz CT molecular complexity index is 1010. The first kappa shape index (κ1) is 12.7. The highest BCUT2D eigenvalue weighted by molar-refractivity contribution is 7.13. The third-order valence-electron chi connectivity index (χ3n) is 3.45. The summed E-state index contributed by atoms with van der Waals surface area (Å²) < 4.78 is 1.84. The van der Waals surface area contributed by atoms with Crippen molar-refractivity contribution in [3.8, 4) is 27.9 Å². The highest BCUT2D eigenvalue weighted by Gasteiger charge is 2.11. The van der Waals surface area contributed by atoms with Gasteiger partial charge in [-0.25, -0.2) is 9.50 Å². The molecule has 0 N–H and O–H groups in total. The lowest BCUT2D eigenvalue weighted by molar-refractivity contribution is 0.961. The van der Waals surface area contributed by atoms with Gasteiger partial charge < -0.3 is 0 Å². The first-order chi connectivity index (χ1) is 10.8. The van der Waals surface area contributed by atoms with Gasteiger partial charge in [0.15, 0.2) is 0 Å². The number of aromatic nitrogens is 3. The molecule has 0 fully saturated rings. The highest BCUT2D eigenvalue weighted by Crippen LogP contribution is 2.31. The van der Waals surface area contributed by atoms with Crippen molar-refractivity contribution >= 4 is 16.9 Å². The first-order valence-electron chi connectivity index (χ1n) is 6.74. The summed E-state index contributed by atoms with van der Waals surface area (Å²) in [6.45, 7) is 0. The van der Waals surface area contributed by atoms with Crippen molar-refractivity contribution < 1.29 is 0 Å². The van der Waals surface area contributed by atoms with Crippen molar-refractivity contribution in [1.82, 2.24) is 14.6 Å². The molecule has 0 saturated carbocycles. The molecule has 5 heteroatoms. The van der Waals surface area contributed by atoms with E-state index in [1.54, 1.807) is 17.4 Å². The van der Waals surface area contributed by atoms with E-state index in [4.69, 9.17) is 10.2 Å². The van der Waals surface area contributed by atoms with Gasteiger partial charge in [-0.1, -0.05) is 18.2 Å². The molecule has 4 rings (SSSR count). The lowest BCUT2D eigenvalue weighted by Crippen LogP contribution is -1.84. The molecule has 0 amide bonds. The molecule has 3 heterocycles. The number of pyridine rings is 1. The van der Waals surface area contributed by atoms with Gasteiger partial charge in [0.2, 0.25) is 0 Å². The van der Waals surface area contributed by atoms with E-state index in [0.717, 1.165) is 27.3 Å². The number of nitrogens with zero attached hydrogens (tertiary/aromatic N) is 4. The molecule has 0 bridgehead atoms. The van der Waals surface area contributed by atoms with Crippen molar-refractivity contribution in [3.05, 3.63) is 65.8 Å². The third-order valence-corrected chi connectivity index (χ3v) is 4.32. The number of hydrogen-bond acceptors (Lipinski definition) is 4. The maximum Gasteiger partial charge on any atom is 0.127 e. The molecular formula is C17H10N4S. The summed E-state index contributed by atoms with van der Waals surface area (Å²) in [6.07, 6.45) is 3.76. The molecular weight excluding hydrogens is 292 g/mol. The second-order valence-corrected chi connectivity index (χ2v) is 5.68. The SMILES string of the molecule is N#Cc1cccc(-c2csc(-c3cnn4ccccc34)n2)c1. The zero-order valence-corrected chi connectivity index (χ0v) is 12.3. The topological polar surface area (TPSA) is 54.0 Å². The van der Waals surface area contributed by atoms with Gasteiger partial charge in [-0.05, 0) is 24.3 Å². The summed E-state index contributed by atoms with van der Waals surface area (Å²) in [6, 6.07) is 15.6. The van der Waals surface area contributed by atoms with Crippen molar-refractivity contribution in [2.75, 3.05) is 0 Å². The minimum Gasteiger partial charge on any atom is -0.240 e. The molecule has 3 aromatic heterocycles. The average Bonchev–Trinajstić information content (AvgIpc) is 3.21. The fourth-order valence-corrected chi connectivity index (χ4v) is 3.22. The molecule has 0 aliphatic carbocycles. The lowest BCUT2D eigenvalue weighted by atomic mass is 10.1. The lowest BCUT2D eigenvalue weighted by Gasteiger charge is -1.97. The summed E-state index contributed by atoms with van der Waals surface area (Å²) >= 11 is 1.58. The molecule has 0 spiro atoms. The Morgan fingerprint density at radius 3 is 3.00 bits per heavy atom. The zero-order valence-electron chi connectivity index (χ0n) is 11.5. The van der Waals surface area contributed by atoms with Gasteiger partial charge in [-0.2, -0.15) is 10.4 Å². The Morgan fingerprint density at radius 1 is 1.14 bits per heavy atom. The Balaban J connectivity index is 1.80. The molecule has 22 heavy (non-hydrogen) atoms. The van der Waals surface area contributed by atoms with Crippen LogP contribution >= 0.6 is 11.3 Å². The van der Waals surface area contributed by atoms with Crippen molar-refractivity contribution in [1.29, 1.82) is 5.26 Å². The van der Waals surface area contributed by atoms with Crippen LogP contribution in [0.4, 0.5) is 0 Å². The van der Waals surface area contributed by atoms with Gasteiger partial charge in [-0.15, -0.1) is 11.3 Å². The second-order valence-electron chi connectivity index (χ2n) is 4.82. The molecule has 0 aliphatic rings. The summed E-state index contributed by atoms with van der Waals surface area (Å²) in [4.78, 5) is 4.70. The van der Waals surface area contributed by atoms with Crippen LogP contribution in [0.15, 0.2) is 60.2 Å². The fourth-order valence-electron chi connectivity index (χ4n) is 2.38. The largest absolute Gasteiger partial charge is 0.240 e. The Labute approximate surface area is 130 Å². The van der Waals surface area contributed by atoms with E-state index < -0.39 is 0 Å². The van der Waals surface area contributed by atoms with Gasteiger partial charge in [-0.3, -0.25) is 0 Å². The highest BCUT2D eigenvalue weighted by atomic mass is 32.1. The predicted molar refractivity (Wildman–Crippen MR) is 86.5 cm³/mol. The monoisotopic (exact) mass is 302 g/mol. The summed E-state index contributed by atoms with van der Waals surface area (Å²) in [5.41, 5.74) is 4.54. The van der Waals surface area contributed by atoms with Gasteiger partial charge in [0.05, 0.1) is 34.6 Å². The van der Waals surface area contributed by atoms with Gasteiger partial charge in [0.1, 0.15) is 5.01 Å². The maximum absolute atomic E-state index is 9.00. The smallest absolute Gasteiger partial charge is 0.127 e. The molecule has 4 nitrogen and oxygen atoms in total. The fraction of sp³-hybridized carbons (Fsp3) is 0. The van der Waals surface area contributed by atoms with Crippen LogP contribution in [0.1, 0.15) is 5.56 Å². The maximum atomic E-state index is 9.00. The van der Waals surface area contributed by atoms with Crippen molar-refractivity contribution in [2.45, 2.75) is 0 Å². The van der Waals surface area contributed by atoms with Crippen molar-refractivity contribution in [2.24, 2.45) is 0 Å². The first-order valence-corrected chi connectivity index (χ1v) is 7.62. The quantitative estimate of drug-likeness (QED) is 0.562. The van der Waals surface area contributed by atoms with Crippen molar-refractivity contribution in [3.63, 3.8) is 0 Å². The number of benzene rings is 1. The number of rotatable bonds is 2. The molecule has 0 saturated heterocycles. The van der Waals surface area contributed by atoms with Crippen LogP contribution in [-0.2, 0) is 0 Å². The number of fused-ring (bicyclic) bond motifs is 1. The van der Waals surface area contributed by atoms with E-state index in [2.05, 4.69) is 11.2 Å². The van der Waals surface area contributed by atoms with E-state index in [-0.39, 0.29) is 0 Å². The van der Waals surface area contributed by atoms with Crippen LogP contribution in [-0.4, -0.2) is 14.6 Å². The molecule has 0 radical (unpaired) electrons. The van der Waals surface area contributed by atoms with Crippen LogP contribution in [0.3, 0.4) is 0 Å². The van der Waals surface area contributed by atoms with E-state index in [9.17, 15) is 0 Å². The Hall–Kier alpha value is -2.97. The molecule has 0 aliphatic heterocycles. The van der Waals surface area contributed by atoms with Gasteiger partial charge >= 0.3 is 0 Å². The van der Waals surface area contributed by atoms with E-state index >= 15 is 0 Å². The van der Waals surface area contributed by atoms with E-state index in [0.29, 0.717) is 5.56 Å². The summed E-state index contributed by atoms with van der Waals surface area (Å²) in [7, 11) is 0. The van der Waals surface area contributed by atoms with Crippen LogP contribution < -0.4 is 0 Å². The van der Waals surface area contributed by atoms with Crippen LogP contribution in [0.5, 0.6) is 0 Å². The third kappa shape index (κ3) is 2.07. The number of thiazole rings is 1. The summed E-state index contributed by atoms with van der Waals surface area (Å²) in [5, 5.41) is 16.3. The van der Waals surface area contributed by atoms with E-state index in [1.807, 2.05) is 58.7 Å². The van der Waals surface area contributed by atoms with Gasteiger partial charge in [0.25, 0.3) is 0 Å². The second kappa shape index (κ2) is 5.10. The van der Waals surface area contributed by atoms with E-state index in [1.165, 1.54) is 0 Å². The number of hydrogen-bond donors (Lipinski definition) is 0. The zero-order chi connectivity index (χ0) is 14.9. The molecule has 1 aromatic carbocycles. The summed E-state index contributed by atoms with van der Waals surface area (Å²) in [5.74, 6) is 0. The predicted octanol–water partition coefficient (Wildman–Crippen LogP) is 4.00. The van der Waals surface area contributed by atoms with Gasteiger partial charge in [0, 0.05) is 17.1 Å². The van der Waals surface area contributed by atoms with Crippen LogP contribution in [0, 0.1) is 11.3 Å². The Kier molecular flexibility index (Phi) is 2.95. The molecule has 4 aromatic rings. The van der Waals surface area contributed by atoms with Crippen LogP contribution in [0.2, 0.25) is 0 Å². The molecule has 104 valence electrons. The Morgan fingerprint density at radius 2 is 2.09 bits per heavy atom. The number of nitriles is 1. The minimum absolute atomic E-state index is 0.642. The molecule has 0 atom stereocenters. The minimum atomic E-state index is 0.642. The molecule has 0 unspecified atom stereocenters. The van der Waals surface area contributed by atoms with Crippen LogP contribution in [0.25, 0.3) is 27.3 Å². The average molecular weight is 302 g/mol. The standard InChI is InChI=1S/C17H10N4S/c18-9-12-4-3-5-13(8-12)15-11-22-17(20-15)14-10-19-21-7-2-1-6-16(14)21/h1-8,10-11H. The normalized spacial score (nSPS) is 10.7.